The molecule has 0 aliphatic rings. The van der Waals surface area contributed by atoms with Gasteiger partial charge in [0.05, 0.1) is 12.6 Å². The number of nitrogens with one attached hydrogen (secondary N) is 2. The number of esters is 1. The molecule has 1 aromatic heterocycles. The van der Waals surface area contributed by atoms with Crippen molar-refractivity contribution in [1.29, 1.82) is 0 Å². The van der Waals surface area contributed by atoms with E-state index in [1.165, 1.54) is 0 Å². The monoisotopic (exact) mass is 213 g/mol. The predicted molar refractivity (Wildman–Crippen MR) is 47.4 cm³/mol. The Morgan fingerprint density at radius 1 is 1.60 bits per heavy atom. The number of H-pyrrole nitrogens is 1. The van der Waals surface area contributed by atoms with Crippen molar-refractivity contribution in [2.45, 2.75) is 19.9 Å². The van der Waals surface area contributed by atoms with E-state index < -0.39 is 17.9 Å². The molecule has 8 nitrogen and oxygen atoms in total. The number of carbonyl (C=O) groups is 2. The zero-order chi connectivity index (χ0) is 11.3. The lowest BCUT2D eigenvalue weighted by molar-refractivity contribution is -0.154. The van der Waals surface area contributed by atoms with E-state index >= 15 is 0 Å². The van der Waals surface area contributed by atoms with Gasteiger partial charge >= 0.3 is 11.9 Å². The van der Waals surface area contributed by atoms with Gasteiger partial charge in [-0.3, -0.25) is 4.79 Å². The molecule has 1 rings (SSSR count). The molecular formula is C7H11N5O3. The number of hydrogen-bond acceptors (Lipinski definition) is 6. The molecule has 0 aliphatic heterocycles. The molecule has 0 saturated carbocycles. The summed E-state index contributed by atoms with van der Waals surface area (Å²) >= 11 is 0. The average Bonchev–Trinajstić information content (AvgIpc) is 2.70. The van der Waals surface area contributed by atoms with Crippen LogP contribution in [0.2, 0.25) is 0 Å². The maximum atomic E-state index is 11.2. The highest BCUT2D eigenvalue weighted by atomic mass is 16.5. The van der Waals surface area contributed by atoms with Gasteiger partial charge < -0.3 is 10.1 Å². The SMILES string of the molecule is CCOC(=O)C(=O)NC(C)c1nn[nH]n1. The lowest BCUT2D eigenvalue weighted by Crippen LogP contribution is -2.34. The van der Waals surface area contributed by atoms with Crippen molar-refractivity contribution in [1.82, 2.24) is 25.9 Å². The Balaban J connectivity index is 2.48. The second-order valence-corrected chi connectivity index (χ2v) is 2.69. The van der Waals surface area contributed by atoms with E-state index in [2.05, 4.69) is 30.7 Å². The second-order valence-electron chi connectivity index (χ2n) is 2.69. The molecule has 15 heavy (non-hydrogen) atoms. The molecule has 0 aliphatic carbocycles. The van der Waals surface area contributed by atoms with Crippen LogP contribution in [0.4, 0.5) is 0 Å². The topological polar surface area (TPSA) is 110 Å². The summed E-state index contributed by atoms with van der Waals surface area (Å²) in [6.07, 6.45) is 0. The van der Waals surface area contributed by atoms with E-state index in [9.17, 15) is 9.59 Å². The van der Waals surface area contributed by atoms with Gasteiger partial charge in [0.1, 0.15) is 0 Å². The van der Waals surface area contributed by atoms with Crippen LogP contribution in [0.5, 0.6) is 0 Å². The van der Waals surface area contributed by atoms with E-state index in [-0.39, 0.29) is 6.61 Å². The maximum absolute atomic E-state index is 11.2. The zero-order valence-corrected chi connectivity index (χ0v) is 8.35. The molecule has 0 aromatic carbocycles. The van der Waals surface area contributed by atoms with Crippen molar-refractivity contribution >= 4 is 11.9 Å². The first-order valence-electron chi connectivity index (χ1n) is 4.36. The predicted octanol–water partition coefficient (Wildman–Crippen LogP) is -1.06. The normalized spacial score (nSPS) is 11.9. The van der Waals surface area contributed by atoms with Crippen LogP contribution in [0.25, 0.3) is 0 Å². The van der Waals surface area contributed by atoms with Crippen LogP contribution in [-0.2, 0) is 14.3 Å². The summed E-state index contributed by atoms with van der Waals surface area (Å²) in [6.45, 7) is 3.40. The van der Waals surface area contributed by atoms with Crippen LogP contribution in [0.15, 0.2) is 0 Å². The number of amides is 1. The van der Waals surface area contributed by atoms with Gasteiger partial charge in [-0.25, -0.2) is 4.79 Å². The van der Waals surface area contributed by atoms with Crippen LogP contribution in [0.1, 0.15) is 25.7 Å². The summed E-state index contributed by atoms with van der Waals surface area (Å²) < 4.78 is 4.51. The van der Waals surface area contributed by atoms with Gasteiger partial charge in [-0.2, -0.15) is 5.21 Å². The first-order valence-corrected chi connectivity index (χ1v) is 4.36. The number of aromatic amines is 1. The fraction of sp³-hybridized carbons (Fsp3) is 0.571. The number of nitrogens with zero attached hydrogens (tertiary/aromatic N) is 3. The molecule has 82 valence electrons. The van der Waals surface area contributed by atoms with Crippen LogP contribution < -0.4 is 5.32 Å². The molecule has 1 amide bonds. The summed E-state index contributed by atoms with van der Waals surface area (Å²) in [5.41, 5.74) is 0. The average molecular weight is 213 g/mol. The minimum absolute atomic E-state index is 0.156. The standard InChI is InChI=1S/C7H11N5O3/c1-3-15-7(14)6(13)8-4(2)5-9-11-12-10-5/h4H,3H2,1-2H3,(H,8,13)(H,9,10,11,12). The summed E-state index contributed by atoms with van der Waals surface area (Å²) in [5.74, 6) is -1.45. The Hall–Kier alpha value is -1.99. The number of carbonyl (C=O) groups excluding carboxylic acids is 2. The van der Waals surface area contributed by atoms with E-state index in [0.29, 0.717) is 5.82 Å². The molecular weight excluding hydrogens is 202 g/mol. The third-order valence-corrected chi connectivity index (χ3v) is 1.56. The van der Waals surface area contributed by atoms with Gasteiger partial charge in [-0.05, 0) is 13.8 Å². The van der Waals surface area contributed by atoms with Gasteiger partial charge in [0, 0.05) is 0 Å². The van der Waals surface area contributed by atoms with Crippen molar-refractivity contribution in [3.05, 3.63) is 5.82 Å². The van der Waals surface area contributed by atoms with Crippen molar-refractivity contribution in [2.24, 2.45) is 0 Å². The summed E-state index contributed by atoms with van der Waals surface area (Å²) in [4.78, 5) is 22.1. The molecule has 0 bridgehead atoms. The van der Waals surface area contributed by atoms with E-state index in [0.717, 1.165) is 0 Å². The minimum atomic E-state index is -0.923. The number of rotatable bonds is 3. The third-order valence-electron chi connectivity index (χ3n) is 1.56. The Labute approximate surface area is 85.4 Å². The van der Waals surface area contributed by atoms with Crippen LogP contribution in [0, 0.1) is 0 Å². The van der Waals surface area contributed by atoms with Gasteiger partial charge in [0.15, 0.2) is 5.82 Å². The molecule has 0 saturated heterocycles. The molecule has 1 atom stereocenters. The van der Waals surface area contributed by atoms with Gasteiger partial charge in [-0.15, -0.1) is 10.2 Å². The second kappa shape index (κ2) is 5.03. The smallest absolute Gasteiger partial charge is 0.396 e. The first kappa shape index (κ1) is 11.1. The fourth-order valence-electron chi connectivity index (χ4n) is 0.870. The number of hydrogen-bond donors (Lipinski definition) is 2. The Bertz CT molecular complexity index is 336. The number of ether oxygens (including phenoxy) is 1. The van der Waals surface area contributed by atoms with Crippen molar-refractivity contribution in [2.75, 3.05) is 6.61 Å². The Kier molecular flexibility index (Phi) is 3.72. The third kappa shape index (κ3) is 3.01. The molecule has 1 unspecified atom stereocenters. The van der Waals surface area contributed by atoms with E-state index in [1.54, 1.807) is 13.8 Å². The molecule has 0 fully saturated rings. The molecule has 0 spiro atoms. The van der Waals surface area contributed by atoms with Crippen LogP contribution >= 0.6 is 0 Å². The molecule has 0 radical (unpaired) electrons. The lowest BCUT2D eigenvalue weighted by Gasteiger charge is -2.08. The number of aromatic nitrogens is 4. The highest BCUT2D eigenvalue weighted by molar-refractivity contribution is 6.32. The summed E-state index contributed by atoms with van der Waals surface area (Å²) in [6, 6.07) is -0.499. The quantitative estimate of drug-likeness (QED) is 0.489. The minimum Gasteiger partial charge on any atom is -0.459 e. The maximum Gasteiger partial charge on any atom is 0.396 e. The van der Waals surface area contributed by atoms with Crippen LogP contribution in [-0.4, -0.2) is 39.1 Å². The zero-order valence-electron chi connectivity index (χ0n) is 8.35. The fourth-order valence-corrected chi connectivity index (χ4v) is 0.870. The largest absolute Gasteiger partial charge is 0.459 e. The first-order chi connectivity index (χ1) is 7.15. The van der Waals surface area contributed by atoms with Gasteiger partial charge in [0.25, 0.3) is 0 Å². The summed E-state index contributed by atoms with van der Waals surface area (Å²) in [5, 5.41) is 15.3. The van der Waals surface area contributed by atoms with Crippen molar-refractivity contribution < 1.29 is 14.3 Å². The van der Waals surface area contributed by atoms with E-state index in [4.69, 9.17) is 0 Å². The molecule has 8 heteroatoms. The molecule has 1 aromatic rings. The lowest BCUT2D eigenvalue weighted by atomic mass is 10.3. The van der Waals surface area contributed by atoms with E-state index in [1.807, 2.05) is 0 Å². The Morgan fingerprint density at radius 3 is 2.87 bits per heavy atom. The van der Waals surface area contributed by atoms with Crippen LogP contribution in [0.3, 0.4) is 0 Å². The molecule has 2 N–H and O–H groups in total. The highest BCUT2D eigenvalue weighted by Crippen LogP contribution is 2.02. The molecule has 1 heterocycles. The highest BCUT2D eigenvalue weighted by Gasteiger charge is 2.19. The van der Waals surface area contributed by atoms with Gasteiger partial charge in [-0.1, -0.05) is 5.21 Å². The van der Waals surface area contributed by atoms with Crippen molar-refractivity contribution in [3.63, 3.8) is 0 Å². The summed E-state index contributed by atoms with van der Waals surface area (Å²) in [7, 11) is 0. The van der Waals surface area contributed by atoms with Crippen molar-refractivity contribution in [3.8, 4) is 0 Å². The Morgan fingerprint density at radius 2 is 2.33 bits per heavy atom. The van der Waals surface area contributed by atoms with Gasteiger partial charge in [0.2, 0.25) is 0 Å². The number of tetrazole rings is 1.